The Labute approximate surface area is 59.4 Å². The number of hydrogen-bond acceptors (Lipinski definition) is 3. The Hall–Kier alpha value is -0.960. The maximum absolute atomic E-state index is 10.6. The number of rotatable bonds is 4. The molecule has 0 aliphatic carbocycles. The number of allylic oxidation sites excluding steroid dienone is 1. The van der Waals surface area contributed by atoms with Crippen molar-refractivity contribution in [3.05, 3.63) is 12.7 Å². The molecule has 3 nitrogen and oxygen atoms in total. The summed E-state index contributed by atoms with van der Waals surface area (Å²) in [6.45, 7) is 4.59. The molecular weight excluding hydrogens is 132 g/mol. The molecule has 0 saturated heterocycles. The fourth-order valence-corrected chi connectivity index (χ4v) is 0.483. The van der Waals surface area contributed by atoms with Crippen molar-refractivity contribution in [2.45, 2.75) is 19.4 Å². The van der Waals surface area contributed by atoms with E-state index in [0.29, 0.717) is 0 Å². The number of Topliss-reactive ketones (excluding diaryl/α,β-unsaturated/α-hetero) is 1. The Morgan fingerprint density at radius 2 is 2.20 bits per heavy atom. The molecule has 0 amide bonds. The van der Waals surface area contributed by atoms with E-state index in [1.165, 1.54) is 6.92 Å². The van der Waals surface area contributed by atoms with Crippen LogP contribution in [0.5, 0.6) is 0 Å². The van der Waals surface area contributed by atoms with Gasteiger partial charge in [0.15, 0.2) is 0 Å². The van der Waals surface area contributed by atoms with Gasteiger partial charge >= 0.3 is 0 Å². The number of hydrogen-bond donors (Lipinski definition) is 1. The summed E-state index contributed by atoms with van der Waals surface area (Å²) in [5.74, 6) is -1.23. The maximum Gasteiger partial charge on any atom is 0.220 e. The van der Waals surface area contributed by atoms with E-state index in [1.54, 1.807) is 0 Å². The lowest BCUT2D eigenvalue weighted by Gasteiger charge is -1.98. The van der Waals surface area contributed by atoms with E-state index >= 15 is 0 Å². The lowest BCUT2D eigenvalue weighted by molar-refractivity contribution is -0.134. The molecule has 0 spiro atoms. The monoisotopic (exact) mass is 142 g/mol. The summed E-state index contributed by atoms with van der Waals surface area (Å²) in [6.07, 6.45) is 0.0756. The third-order valence-electron chi connectivity index (χ3n) is 0.941. The van der Waals surface area contributed by atoms with Crippen molar-refractivity contribution in [3.8, 4) is 0 Å². The Morgan fingerprint density at radius 1 is 1.70 bits per heavy atom. The molecule has 0 aromatic heterocycles. The molecular formula is C7H10O3. The maximum atomic E-state index is 10.6. The first kappa shape index (κ1) is 9.04. The van der Waals surface area contributed by atoms with E-state index < -0.39 is 17.7 Å². The predicted molar refractivity (Wildman–Crippen MR) is 36.5 cm³/mol. The fourth-order valence-electron chi connectivity index (χ4n) is 0.483. The molecule has 0 rings (SSSR count). The summed E-state index contributed by atoms with van der Waals surface area (Å²) in [5, 5.41) is 8.66. The summed E-state index contributed by atoms with van der Waals surface area (Å²) in [7, 11) is 0. The zero-order chi connectivity index (χ0) is 8.15. The van der Waals surface area contributed by atoms with Gasteiger partial charge in [-0.15, -0.1) is 0 Å². The Kier molecular flexibility index (Phi) is 3.57. The minimum Gasteiger partial charge on any atom is -0.393 e. The van der Waals surface area contributed by atoms with Crippen LogP contribution in [-0.2, 0) is 9.59 Å². The van der Waals surface area contributed by atoms with Crippen LogP contribution >= 0.6 is 0 Å². The number of aliphatic hydroxyl groups excluding tert-OH is 1. The highest BCUT2D eigenvalue weighted by Crippen LogP contribution is 1.92. The average Bonchev–Trinajstić information content (AvgIpc) is 1.85. The van der Waals surface area contributed by atoms with Crippen LogP contribution in [0.2, 0.25) is 0 Å². The standard InChI is InChI=1S/C7H10O3/c1-3-6(9)7(10)4-5(2)8/h3,5,8H,1,4H2,2H3. The van der Waals surface area contributed by atoms with Crippen molar-refractivity contribution >= 4 is 11.6 Å². The van der Waals surface area contributed by atoms with E-state index in [9.17, 15) is 9.59 Å². The topological polar surface area (TPSA) is 54.4 Å². The number of carbonyl (C=O) groups excluding carboxylic acids is 2. The lowest BCUT2D eigenvalue weighted by atomic mass is 10.1. The van der Waals surface area contributed by atoms with Gasteiger partial charge in [0.2, 0.25) is 11.6 Å². The normalized spacial score (nSPS) is 12.2. The van der Waals surface area contributed by atoms with Gasteiger partial charge in [-0.1, -0.05) is 6.58 Å². The first-order valence-electron chi connectivity index (χ1n) is 2.95. The van der Waals surface area contributed by atoms with Gasteiger partial charge in [-0.3, -0.25) is 9.59 Å². The van der Waals surface area contributed by atoms with Crippen molar-refractivity contribution in [1.82, 2.24) is 0 Å². The number of carbonyl (C=O) groups is 2. The lowest BCUT2D eigenvalue weighted by Crippen LogP contribution is -2.16. The zero-order valence-corrected chi connectivity index (χ0v) is 5.83. The quantitative estimate of drug-likeness (QED) is 0.446. The van der Waals surface area contributed by atoms with Crippen LogP contribution < -0.4 is 0 Å². The van der Waals surface area contributed by atoms with E-state index in [4.69, 9.17) is 5.11 Å². The minimum absolute atomic E-state index is 0.120. The van der Waals surface area contributed by atoms with Crippen LogP contribution in [0.25, 0.3) is 0 Å². The van der Waals surface area contributed by atoms with E-state index in [1.807, 2.05) is 0 Å². The van der Waals surface area contributed by atoms with Gasteiger partial charge in [-0.2, -0.15) is 0 Å². The highest BCUT2D eigenvalue weighted by molar-refractivity contribution is 6.41. The SMILES string of the molecule is C=CC(=O)C(=O)CC(C)O. The van der Waals surface area contributed by atoms with Crippen molar-refractivity contribution in [2.75, 3.05) is 0 Å². The highest BCUT2D eigenvalue weighted by Gasteiger charge is 2.11. The van der Waals surface area contributed by atoms with E-state index in [0.717, 1.165) is 6.08 Å². The van der Waals surface area contributed by atoms with Gasteiger partial charge in [0.25, 0.3) is 0 Å². The summed E-state index contributed by atoms with van der Waals surface area (Å²) in [4.78, 5) is 21.1. The summed E-state index contributed by atoms with van der Waals surface area (Å²) >= 11 is 0. The molecule has 1 atom stereocenters. The molecule has 56 valence electrons. The number of aliphatic hydroxyl groups is 1. The van der Waals surface area contributed by atoms with Crippen LogP contribution in [0.1, 0.15) is 13.3 Å². The molecule has 10 heavy (non-hydrogen) atoms. The molecule has 0 heterocycles. The van der Waals surface area contributed by atoms with Crippen LogP contribution in [-0.4, -0.2) is 22.8 Å². The molecule has 0 fully saturated rings. The molecule has 0 radical (unpaired) electrons. The van der Waals surface area contributed by atoms with Crippen LogP contribution in [0, 0.1) is 0 Å². The average molecular weight is 142 g/mol. The smallest absolute Gasteiger partial charge is 0.220 e. The molecule has 0 saturated carbocycles. The van der Waals surface area contributed by atoms with Gasteiger partial charge in [0.05, 0.1) is 6.10 Å². The summed E-state index contributed by atoms with van der Waals surface area (Å²) in [6, 6.07) is 0. The molecule has 0 aromatic carbocycles. The van der Waals surface area contributed by atoms with E-state index in [2.05, 4.69) is 6.58 Å². The van der Waals surface area contributed by atoms with Gasteiger partial charge in [0, 0.05) is 6.42 Å². The van der Waals surface area contributed by atoms with Crippen LogP contribution in [0.15, 0.2) is 12.7 Å². The zero-order valence-electron chi connectivity index (χ0n) is 5.83. The second kappa shape index (κ2) is 3.95. The molecule has 0 aromatic rings. The molecule has 0 aliphatic heterocycles. The predicted octanol–water partition coefficient (Wildman–Crippen LogP) is 0.0815. The molecule has 3 heteroatoms. The molecule has 1 unspecified atom stereocenters. The number of ketones is 2. The minimum atomic E-state index is -0.753. The highest BCUT2D eigenvalue weighted by atomic mass is 16.3. The fraction of sp³-hybridized carbons (Fsp3) is 0.429. The van der Waals surface area contributed by atoms with Crippen molar-refractivity contribution < 1.29 is 14.7 Å². The molecule has 0 aliphatic rings. The van der Waals surface area contributed by atoms with Gasteiger partial charge in [-0.25, -0.2) is 0 Å². The van der Waals surface area contributed by atoms with Gasteiger partial charge in [0.1, 0.15) is 0 Å². The first-order chi connectivity index (χ1) is 4.57. The molecule has 1 N–H and O–H groups in total. The third kappa shape index (κ3) is 3.14. The Morgan fingerprint density at radius 3 is 2.50 bits per heavy atom. The van der Waals surface area contributed by atoms with Gasteiger partial charge < -0.3 is 5.11 Å². The summed E-state index contributed by atoms with van der Waals surface area (Å²) < 4.78 is 0. The van der Waals surface area contributed by atoms with Crippen LogP contribution in [0.4, 0.5) is 0 Å². The van der Waals surface area contributed by atoms with E-state index in [-0.39, 0.29) is 6.42 Å². The second-order valence-corrected chi connectivity index (χ2v) is 2.04. The second-order valence-electron chi connectivity index (χ2n) is 2.04. The largest absolute Gasteiger partial charge is 0.393 e. The van der Waals surface area contributed by atoms with Crippen molar-refractivity contribution in [2.24, 2.45) is 0 Å². The van der Waals surface area contributed by atoms with Crippen LogP contribution in [0.3, 0.4) is 0 Å². The third-order valence-corrected chi connectivity index (χ3v) is 0.941. The van der Waals surface area contributed by atoms with Gasteiger partial charge in [-0.05, 0) is 13.0 Å². The summed E-state index contributed by atoms with van der Waals surface area (Å²) in [5.41, 5.74) is 0. The van der Waals surface area contributed by atoms with Crippen molar-refractivity contribution in [1.29, 1.82) is 0 Å². The Bertz CT molecular complexity index is 158. The van der Waals surface area contributed by atoms with Crippen molar-refractivity contribution in [3.63, 3.8) is 0 Å². The molecule has 0 bridgehead atoms. The Balaban J connectivity index is 3.85. The first-order valence-corrected chi connectivity index (χ1v) is 2.95.